The van der Waals surface area contributed by atoms with E-state index in [1.807, 2.05) is 37.3 Å². The molecular formula is C19H23N3O. The van der Waals surface area contributed by atoms with Gasteiger partial charge in [-0.1, -0.05) is 35.9 Å². The van der Waals surface area contributed by atoms with Crippen LogP contribution in [0.15, 0.2) is 48.5 Å². The van der Waals surface area contributed by atoms with Crippen molar-refractivity contribution in [2.24, 2.45) is 0 Å². The van der Waals surface area contributed by atoms with E-state index < -0.39 is 0 Å². The van der Waals surface area contributed by atoms with Crippen molar-refractivity contribution in [3.63, 3.8) is 0 Å². The van der Waals surface area contributed by atoms with Gasteiger partial charge in [0.05, 0.1) is 0 Å². The van der Waals surface area contributed by atoms with E-state index in [-0.39, 0.29) is 5.91 Å². The van der Waals surface area contributed by atoms with Gasteiger partial charge in [-0.2, -0.15) is 0 Å². The predicted octanol–water partition coefficient (Wildman–Crippen LogP) is 2.33. The van der Waals surface area contributed by atoms with Gasteiger partial charge in [0.1, 0.15) is 0 Å². The highest BCUT2D eigenvalue weighted by molar-refractivity contribution is 5.94. The molecule has 2 aromatic carbocycles. The summed E-state index contributed by atoms with van der Waals surface area (Å²) < 4.78 is 0. The third-order valence-corrected chi connectivity index (χ3v) is 4.17. The minimum Gasteiger partial charge on any atom is -0.369 e. The van der Waals surface area contributed by atoms with Gasteiger partial charge in [0.15, 0.2) is 0 Å². The third-order valence-electron chi connectivity index (χ3n) is 4.17. The van der Waals surface area contributed by atoms with Crippen molar-refractivity contribution in [3.8, 4) is 0 Å². The standard InChI is InChI=1S/C19H23N3O/c1-15-5-4-7-16(13-15)19(23)21-14-17-6-2-3-8-18(17)22-11-9-20-10-12-22/h2-8,13,20H,9-12,14H2,1H3,(H,21,23). The number of amides is 1. The largest absolute Gasteiger partial charge is 0.369 e. The Morgan fingerprint density at radius 1 is 1.13 bits per heavy atom. The molecule has 1 heterocycles. The van der Waals surface area contributed by atoms with Crippen molar-refractivity contribution in [2.75, 3.05) is 31.1 Å². The summed E-state index contributed by atoms with van der Waals surface area (Å²) >= 11 is 0. The molecule has 2 aromatic rings. The molecule has 0 atom stereocenters. The lowest BCUT2D eigenvalue weighted by Crippen LogP contribution is -2.44. The Bertz CT molecular complexity index is 678. The monoisotopic (exact) mass is 309 g/mol. The number of hydrogen-bond donors (Lipinski definition) is 2. The number of rotatable bonds is 4. The van der Waals surface area contributed by atoms with Gasteiger partial charge in [-0.3, -0.25) is 4.79 Å². The van der Waals surface area contributed by atoms with Crippen molar-refractivity contribution >= 4 is 11.6 Å². The van der Waals surface area contributed by atoms with Gasteiger partial charge in [0, 0.05) is 44.0 Å². The first-order chi connectivity index (χ1) is 11.2. The summed E-state index contributed by atoms with van der Waals surface area (Å²) in [6.07, 6.45) is 0. The molecule has 0 bridgehead atoms. The van der Waals surface area contributed by atoms with E-state index in [1.54, 1.807) is 0 Å². The van der Waals surface area contributed by atoms with Crippen LogP contribution in [0.4, 0.5) is 5.69 Å². The highest BCUT2D eigenvalue weighted by Gasteiger charge is 2.14. The molecule has 0 spiro atoms. The van der Waals surface area contributed by atoms with Gasteiger partial charge >= 0.3 is 0 Å². The molecular weight excluding hydrogens is 286 g/mol. The van der Waals surface area contributed by atoms with E-state index in [4.69, 9.17) is 0 Å². The quantitative estimate of drug-likeness (QED) is 0.911. The molecule has 1 aliphatic rings. The second-order valence-corrected chi connectivity index (χ2v) is 5.92. The van der Waals surface area contributed by atoms with Gasteiger partial charge in [-0.05, 0) is 30.7 Å². The van der Waals surface area contributed by atoms with Crippen molar-refractivity contribution in [1.29, 1.82) is 0 Å². The highest BCUT2D eigenvalue weighted by Crippen LogP contribution is 2.20. The fourth-order valence-electron chi connectivity index (χ4n) is 2.94. The molecule has 4 nitrogen and oxygen atoms in total. The number of carbonyl (C=O) groups excluding carboxylic acids is 1. The summed E-state index contributed by atoms with van der Waals surface area (Å²) in [5.41, 5.74) is 4.19. The number of carbonyl (C=O) groups is 1. The van der Waals surface area contributed by atoms with Gasteiger partial charge in [-0.15, -0.1) is 0 Å². The van der Waals surface area contributed by atoms with E-state index in [1.165, 1.54) is 5.69 Å². The average molecular weight is 309 g/mol. The smallest absolute Gasteiger partial charge is 0.251 e. The lowest BCUT2D eigenvalue weighted by atomic mass is 10.1. The number of nitrogens with zero attached hydrogens (tertiary/aromatic N) is 1. The van der Waals surface area contributed by atoms with Crippen LogP contribution in [-0.4, -0.2) is 32.1 Å². The Morgan fingerprint density at radius 3 is 2.70 bits per heavy atom. The molecule has 2 N–H and O–H groups in total. The van der Waals surface area contributed by atoms with Crippen molar-refractivity contribution in [3.05, 3.63) is 65.2 Å². The van der Waals surface area contributed by atoms with Crippen molar-refractivity contribution < 1.29 is 4.79 Å². The summed E-state index contributed by atoms with van der Waals surface area (Å²) in [5.74, 6) is -0.0242. The van der Waals surface area contributed by atoms with E-state index in [0.717, 1.165) is 37.3 Å². The zero-order chi connectivity index (χ0) is 16.1. The van der Waals surface area contributed by atoms with Gasteiger partial charge in [-0.25, -0.2) is 0 Å². The Kier molecular flexibility index (Phi) is 4.93. The van der Waals surface area contributed by atoms with Gasteiger partial charge in [0.25, 0.3) is 5.91 Å². The second-order valence-electron chi connectivity index (χ2n) is 5.92. The number of benzene rings is 2. The van der Waals surface area contributed by atoms with Gasteiger partial charge < -0.3 is 15.5 Å². The van der Waals surface area contributed by atoms with Crippen LogP contribution in [0.25, 0.3) is 0 Å². The Balaban J connectivity index is 1.69. The number of hydrogen-bond acceptors (Lipinski definition) is 3. The maximum atomic E-state index is 12.3. The number of nitrogens with one attached hydrogen (secondary N) is 2. The van der Waals surface area contributed by atoms with Crippen LogP contribution >= 0.6 is 0 Å². The van der Waals surface area contributed by atoms with E-state index in [9.17, 15) is 4.79 Å². The average Bonchev–Trinajstić information content (AvgIpc) is 2.60. The first kappa shape index (κ1) is 15.6. The first-order valence-electron chi connectivity index (χ1n) is 8.12. The summed E-state index contributed by atoms with van der Waals surface area (Å²) in [4.78, 5) is 14.7. The fraction of sp³-hybridized carbons (Fsp3) is 0.316. The van der Waals surface area contributed by atoms with Gasteiger partial charge in [0.2, 0.25) is 0 Å². The van der Waals surface area contributed by atoms with Crippen LogP contribution in [0, 0.1) is 6.92 Å². The number of anilines is 1. The Labute approximate surface area is 137 Å². The topological polar surface area (TPSA) is 44.4 Å². The molecule has 0 unspecified atom stereocenters. The van der Waals surface area contributed by atoms with E-state index >= 15 is 0 Å². The van der Waals surface area contributed by atoms with Crippen LogP contribution in [0.5, 0.6) is 0 Å². The molecule has 0 radical (unpaired) electrons. The normalized spacial score (nSPS) is 14.6. The lowest BCUT2D eigenvalue weighted by molar-refractivity contribution is 0.0951. The maximum absolute atomic E-state index is 12.3. The van der Waals surface area contributed by atoms with Crippen molar-refractivity contribution in [2.45, 2.75) is 13.5 Å². The molecule has 1 fully saturated rings. The lowest BCUT2D eigenvalue weighted by Gasteiger charge is -2.31. The number of aryl methyl sites for hydroxylation is 1. The molecule has 0 aromatic heterocycles. The maximum Gasteiger partial charge on any atom is 0.251 e. The summed E-state index contributed by atoms with van der Waals surface area (Å²) in [7, 11) is 0. The third kappa shape index (κ3) is 3.90. The van der Waals surface area contributed by atoms with E-state index in [0.29, 0.717) is 12.1 Å². The van der Waals surface area contributed by atoms with Crippen LogP contribution in [0.3, 0.4) is 0 Å². The molecule has 120 valence electrons. The molecule has 3 rings (SSSR count). The summed E-state index contributed by atoms with van der Waals surface area (Å²) in [5, 5.41) is 6.41. The second kappa shape index (κ2) is 7.29. The van der Waals surface area contributed by atoms with Crippen LogP contribution in [0.1, 0.15) is 21.5 Å². The molecule has 1 amide bonds. The molecule has 4 heteroatoms. The van der Waals surface area contributed by atoms with Crippen LogP contribution in [-0.2, 0) is 6.54 Å². The molecule has 23 heavy (non-hydrogen) atoms. The molecule has 1 saturated heterocycles. The highest BCUT2D eigenvalue weighted by atomic mass is 16.1. The first-order valence-corrected chi connectivity index (χ1v) is 8.12. The minimum absolute atomic E-state index is 0.0242. The SMILES string of the molecule is Cc1cccc(C(=O)NCc2ccccc2N2CCNCC2)c1. The molecule has 0 saturated carbocycles. The van der Waals surface area contributed by atoms with Crippen molar-refractivity contribution in [1.82, 2.24) is 10.6 Å². The zero-order valence-electron chi connectivity index (χ0n) is 13.5. The summed E-state index contributed by atoms with van der Waals surface area (Å²) in [6, 6.07) is 16.0. The minimum atomic E-state index is -0.0242. The zero-order valence-corrected chi connectivity index (χ0v) is 13.5. The number of piperazine rings is 1. The molecule has 0 aliphatic carbocycles. The fourth-order valence-corrected chi connectivity index (χ4v) is 2.94. The van der Waals surface area contributed by atoms with E-state index in [2.05, 4.69) is 33.7 Å². The predicted molar refractivity (Wildman–Crippen MR) is 93.9 cm³/mol. The number of para-hydroxylation sites is 1. The Morgan fingerprint density at radius 2 is 1.91 bits per heavy atom. The Hall–Kier alpha value is -2.33. The van der Waals surface area contributed by atoms with Crippen LogP contribution < -0.4 is 15.5 Å². The van der Waals surface area contributed by atoms with Crippen LogP contribution in [0.2, 0.25) is 0 Å². The summed E-state index contributed by atoms with van der Waals surface area (Å²) in [6.45, 7) is 6.56. The molecule has 1 aliphatic heterocycles.